The van der Waals surface area contributed by atoms with Crippen LogP contribution in [0.1, 0.15) is 19.3 Å². The molecule has 2 rings (SSSR count). The molecule has 1 radical (unpaired) electrons. The van der Waals surface area contributed by atoms with Crippen molar-refractivity contribution in [2.24, 2.45) is 0 Å². The highest BCUT2D eigenvalue weighted by Gasteiger charge is 2.45. The molecule has 2 saturated heterocycles. The molecule has 5 heteroatoms. The molecule has 0 bridgehead atoms. The molecule has 2 aliphatic rings. The van der Waals surface area contributed by atoms with Crippen LogP contribution in [0.3, 0.4) is 0 Å². The van der Waals surface area contributed by atoms with E-state index in [4.69, 9.17) is 4.74 Å². The maximum atomic E-state index is 12.2. The van der Waals surface area contributed by atoms with Crippen LogP contribution in [-0.2, 0) is 14.3 Å². The summed E-state index contributed by atoms with van der Waals surface area (Å²) >= 11 is 0. The molecule has 16 heavy (non-hydrogen) atoms. The average Bonchev–Trinajstić information content (AvgIpc) is 2.39. The summed E-state index contributed by atoms with van der Waals surface area (Å²) in [5.74, 6) is -0.227. The Morgan fingerprint density at radius 3 is 2.62 bits per heavy atom. The van der Waals surface area contributed by atoms with Crippen LogP contribution in [0.2, 0.25) is 0 Å². The first-order chi connectivity index (χ1) is 7.78. The second-order valence-electron chi connectivity index (χ2n) is 4.31. The van der Waals surface area contributed by atoms with Crippen LogP contribution in [0.5, 0.6) is 0 Å². The van der Waals surface area contributed by atoms with Crippen LogP contribution in [0.15, 0.2) is 0 Å². The molecule has 0 spiro atoms. The maximum absolute atomic E-state index is 12.2. The van der Waals surface area contributed by atoms with Gasteiger partial charge in [0.05, 0.1) is 6.61 Å². The predicted octanol–water partition coefficient (Wildman–Crippen LogP) is -0.533. The minimum Gasteiger partial charge on any atom is -0.355 e. The summed E-state index contributed by atoms with van der Waals surface area (Å²) in [5.41, 5.74) is -1.39. The van der Waals surface area contributed by atoms with Crippen molar-refractivity contribution in [2.45, 2.75) is 24.9 Å². The smallest absolute Gasteiger partial charge is 0.264 e. The molecule has 0 aromatic rings. The molecule has 0 aliphatic carbocycles. The van der Waals surface area contributed by atoms with Crippen molar-refractivity contribution in [3.8, 4) is 0 Å². The summed E-state index contributed by atoms with van der Waals surface area (Å²) < 4.78 is 5.35. The van der Waals surface area contributed by atoms with Crippen LogP contribution >= 0.6 is 0 Å². The highest BCUT2D eigenvalue weighted by atomic mass is 16.5. The summed E-state index contributed by atoms with van der Waals surface area (Å²) in [4.78, 5) is 25.0. The zero-order valence-corrected chi connectivity index (χ0v) is 9.33. The molecule has 0 saturated carbocycles. The summed E-state index contributed by atoms with van der Waals surface area (Å²) in [6, 6.07) is 0. The van der Waals surface area contributed by atoms with Gasteiger partial charge in [0.15, 0.2) is 0 Å². The second-order valence-corrected chi connectivity index (χ2v) is 4.31. The third-order valence-corrected chi connectivity index (χ3v) is 3.15. The monoisotopic (exact) mass is 225 g/mol. The normalized spacial score (nSPS) is 31.1. The number of hydrogen-bond donors (Lipinski definition) is 1. The van der Waals surface area contributed by atoms with Gasteiger partial charge < -0.3 is 15.0 Å². The summed E-state index contributed by atoms with van der Waals surface area (Å²) in [5, 5.41) is 3.01. The Bertz CT molecular complexity index is 268. The Morgan fingerprint density at radius 2 is 2.06 bits per heavy atom. The van der Waals surface area contributed by atoms with Gasteiger partial charge in [-0.25, -0.2) is 0 Å². The van der Waals surface area contributed by atoms with E-state index in [1.54, 1.807) is 11.2 Å². The molecule has 1 atom stereocenters. The van der Waals surface area contributed by atoms with Crippen molar-refractivity contribution in [1.82, 2.24) is 10.2 Å². The molecule has 2 heterocycles. The zero-order chi connectivity index (χ0) is 11.4. The number of morpholine rings is 1. The van der Waals surface area contributed by atoms with Gasteiger partial charge in [0, 0.05) is 26.2 Å². The number of nitrogens with one attached hydrogen (secondary N) is 1. The first kappa shape index (κ1) is 11.5. The van der Waals surface area contributed by atoms with Gasteiger partial charge in [-0.15, -0.1) is 0 Å². The molecular formula is C11H17N2O3. The molecular weight excluding hydrogens is 208 g/mol. The van der Waals surface area contributed by atoms with Gasteiger partial charge in [-0.2, -0.15) is 0 Å². The van der Waals surface area contributed by atoms with Gasteiger partial charge in [0.2, 0.25) is 11.9 Å². The molecule has 0 aromatic heterocycles. The van der Waals surface area contributed by atoms with Crippen LogP contribution < -0.4 is 5.32 Å². The Labute approximate surface area is 95.1 Å². The fraction of sp³-hybridized carbons (Fsp3) is 0.818. The van der Waals surface area contributed by atoms with Gasteiger partial charge in [-0.3, -0.25) is 9.59 Å². The fourth-order valence-electron chi connectivity index (χ4n) is 2.21. The van der Waals surface area contributed by atoms with E-state index >= 15 is 0 Å². The Balaban J connectivity index is 2.07. The number of carbonyl (C=O) groups is 1. The summed E-state index contributed by atoms with van der Waals surface area (Å²) in [6.07, 6.45) is 4.96. The molecule has 1 unspecified atom stereocenters. The van der Waals surface area contributed by atoms with Crippen molar-refractivity contribution in [1.29, 1.82) is 0 Å². The first-order valence-electron chi connectivity index (χ1n) is 5.82. The highest BCUT2D eigenvalue weighted by molar-refractivity contribution is 6.01. The van der Waals surface area contributed by atoms with Crippen LogP contribution in [-0.4, -0.2) is 55.5 Å². The molecule has 5 nitrogen and oxygen atoms in total. The minimum absolute atomic E-state index is 0.227. The largest absolute Gasteiger partial charge is 0.355 e. The van der Waals surface area contributed by atoms with Gasteiger partial charge >= 0.3 is 0 Å². The number of carbonyl (C=O) groups excluding carboxylic acids is 2. The van der Waals surface area contributed by atoms with E-state index in [0.29, 0.717) is 13.2 Å². The van der Waals surface area contributed by atoms with Crippen LogP contribution in [0.4, 0.5) is 0 Å². The van der Waals surface area contributed by atoms with E-state index in [0.717, 1.165) is 32.4 Å². The topological polar surface area (TPSA) is 58.6 Å². The summed E-state index contributed by atoms with van der Waals surface area (Å²) in [6.45, 7) is 2.76. The molecule has 0 aromatic carbocycles. The van der Waals surface area contributed by atoms with E-state index in [9.17, 15) is 9.59 Å². The lowest BCUT2D eigenvalue weighted by molar-refractivity contribution is -0.153. The van der Waals surface area contributed by atoms with E-state index < -0.39 is 5.60 Å². The molecule has 1 N–H and O–H groups in total. The third-order valence-electron chi connectivity index (χ3n) is 3.15. The van der Waals surface area contributed by atoms with Crippen molar-refractivity contribution in [3.63, 3.8) is 0 Å². The lowest BCUT2D eigenvalue weighted by Crippen LogP contribution is -2.61. The Hall–Kier alpha value is -0.940. The maximum Gasteiger partial charge on any atom is 0.264 e. The standard InChI is InChI=1S/C11H17N2O3/c14-9-11(8-12-4-7-16-11)10(15)13-5-2-1-3-6-13/h12H,1-8H2. The number of likely N-dealkylation sites (tertiary alicyclic amines) is 1. The lowest BCUT2D eigenvalue weighted by atomic mass is 10.0. The van der Waals surface area contributed by atoms with Crippen molar-refractivity contribution >= 4 is 12.2 Å². The first-order valence-corrected chi connectivity index (χ1v) is 5.82. The van der Waals surface area contributed by atoms with Gasteiger partial charge in [-0.05, 0) is 19.3 Å². The number of piperidine rings is 1. The molecule has 89 valence electrons. The van der Waals surface area contributed by atoms with Crippen molar-refractivity contribution in [3.05, 3.63) is 0 Å². The van der Waals surface area contributed by atoms with E-state index in [2.05, 4.69) is 5.32 Å². The van der Waals surface area contributed by atoms with E-state index in [1.165, 1.54) is 0 Å². The average molecular weight is 225 g/mol. The summed E-state index contributed by atoms with van der Waals surface area (Å²) in [7, 11) is 0. The Morgan fingerprint density at radius 1 is 1.31 bits per heavy atom. The highest BCUT2D eigenvalue weighted by Crippen LogP contribution is 2.18. The third kappa shape index (κ3) is 2.10. The second kappa shape index (κ2) is 4.93. The molecule has 2 aliphatic heterocycles. The van der Waals surface area contributed by atoms with Crippen LogP contribution in [0.25, 0.3) is 0 Å². The van der Waals surface area contributed by atoms with Gasteiger partial charge in [-0.1, -0.05) is 0 Å². The van der Waals surface area contributed by atoms with Crippen LogP contribution in [0, 0.1) is 0 Å². The minimum atomic E-state index is -1.39. The molecule has 2 fully saturated rings. The number of nitrogens with zero attached hydrogens (tertiary/aromatic N) is 1. The fourth-order valence-corrected chi connectivity index (χ4v) is 2.21. The van der Waals surface area contributed by atoms with E-state index in [-0.39, 0.29) is 12.5 Å². The predicted molar refractivity (Wildman–Crippen MR) is 57.7 cm³/mol. The van der Waals surface area contributed by atoms with Gasteiger partial charge in [0.1, 0.15) is 0 Å². The zero-order valence-electron chi connectivity index (χ0n) is 9.33. The quantitative estimate of drug-likeness (QED) is 0.642. The Kier molecular flexibility index (Phi) is 3.56. The van der Waals surface area contributed by atoms with Crippen molar-refractivity contribution < 1.29 is 14.3 Å². The number of amides is 1. The number of hydrogen-bond acceptors (Lipinski definition) is 4. The lowest BCUT2D eigenvalue weighted by Gasteiger charge is -2.37. The number of ether oxygens (including phenoxy) is 1. The van der Waals surface area contributed by atoms with Crippen molar-refractivity contribution in [2.75, 3.05) is 32.8 Å². The van der Waals surface area contributed by atoms with Gasteiger partial charge in [0.25, 0.3) is 5.91 Å². The number of rotatable bonds is 2. The molecule has 1 amide bonds. The SMILES string of the molecule is O=[C]C1(C(=O)N2CCCCC2)CNCCO1. The van der Waals surface area contributed by atoms with E-state index in [1.807, 2.05) is 0 Å².